The minimum Gasteiger partial charge on any atom is -0.311 e. The zero-order valence-electron chi connectivity index (χ0n) is 9.27. The van der Waals surface area contributed by atoms with Gasteiger partial charge in [0.05, 0.1) is 0 Å². The van der Waals surface area contributed by atoms with Crippen molar-refractivity contribution in [3.63, 3.8) is 0 Å². The Morgan fingerprint density at radius 1 is 1.62 bits per heavy atom. The summed E-state index contributed by atoms with van der Waals surface area (Å²) in [7, 11) is 0. The van der Waals surface area contributed by atoms with Gasteiger partial charge in [-0.3, -0.25) is 0 Å². The highest BCUT2D eigenvalue weighted by molar-refractivity contribution is 5.08. The summed E-state index contributed by atoms with van der Waals surface area (Å²) >= 11 is 0. The summed E-state index contributed by atoms with van der Waals surface area (Å²) in [6.45, 7) is 7.94. The highest BCUT2D eigenvalue weighted by atomic mass is 14.9. The number of hydrogen-bond acceptors (Lipinski definition) is 1. The molecule has 0 heterocycles. The second-order valence-corrected chi connectivity index (χ2v) is 4.43. The number of allylic oxidation sites excluding steroid dienone is 1. The molecule has 0 fully saturated rings. The Morgan fingerprint density at radius 3 is 2.92 bits per heavy atom. The van der Waals surface area contributed by atoms with Gasteiger partial charge in [0.25, 0.3) is 0 Å². The molecule has 1 aliphatic rings. The average Bonchev–Trinajstić information content (AvgIpc) is 2.16. The van der Waals surface area contributed by atoms with E-state index in [4.69, 9.17) is 0 Å². The van der Waals surface area contributed by atoms with E-state index >= 15 is 0 Å². The Balaban J connectivity index is 2.22. The van der Waals surface area contributed by atoms with Crippen molar-refractivity contribution in [2.45, 2.75) is 52.5 Å². The first kappa shape index (κ1) is 10.8. The fourth-order valence-electron chi connectivity index (χ4n) is 1.63. The SMILES string of the molecule is CCC(C)NCC1=CCC(C)CC1. The first-order valence-electron chi connectivity index (χ1n) is 5.63. The second kappa shape index (κ2) is 5.43. The second-order valence-electron chi connectivity index (χ2n) is 4.43. The molecule has 1 aliphatic carbocycles. The fourth-order valence-corrected chi connectivity index (χ4v) is 1.63. The van der Waals surface area contributed by atoms with Gasteiger partial charge < -0.3 is 5.32 Å². The molecule has 1 rings (SSSR count). The van der Waals surface area contributed by atoms with Crippen LogP contribution in [0, 0.1) is 5.92 Å². The van der Waals surface area contributed by atoms with Gasteiger partial charge in [-0.2, -0.15) is 0 Å². The van der Waals surface area contributed by atoms with Gasteiger partial charge >= 0.3 is 0 Å². The smallest absolute Gasteiger partial charge is 0.0167 e. The van der Waals surface area contributed by atoms with Gasteiger partial charge in [0.1, 0.15) is 0 Å². The van der Waals surface area contributed by atoms with Gasteiger partial charge in [-0.15, -0.1) is 0 Å². The van der Waals surface area contributed by atoms with Crippen LogP contribution in [0.15, 0.2) is 11.6 Å². The summed E-state index contributed by atoms with van der Waals surface area (Å²) in [6.07, 6.45) is 7.64. The summed E-state index contributed by atoms with van der Waals surface area (Å²) in [6, 6.07) is 0.667. The average molecular weight is 181 g/mol. The van der Waals surface area contributed by atoms with E-state index in [1.807, 2.05) is 0 Å². The van der Waals surface area contributed by atoms with Gasteiger partial charge in [-0.1, -0.05) is 25.5 Å². The fraction of sp³-hybridized carbons (Fsp3) is 0.833. The van der Waals surface area contributed by atoms with Gasteiger partial charge in [0, 0.05) is 12.6 Å². The molecular weight excluding hydrogens is 158 g/mol. The maximum atomic E-state index is 3.55. The zero-order chi connectivity index (χ0) is 9.68. The van der Waals surface area contributed by atoms with Crippen molar-refractivity contribution < 1.29 is 0 Å². The number of rotatable bonds is 4. The largest absolute Gasteiger partial charge is 0.311 e. The topological polar surface area (TPSA) is 12.0 Å². The van der Waals surface area contributed by atoms with Crippen molar-refractivity contribution in [2.24, 2.45) is 5.92 Å². The van der Waals surface area contributed by atoms with E-state index in [9.17, 15) is 0 Å². The Labute approximate surface area is 82.6 Å². The molecule has 2 atom stereocenters. The molecule has 0 aromatic heterocycles. The van der Waals surface area contributed by atoms with E-state index in [1.165, 1.54) is 25.7 Å². The standard InChI is InChI=1S/C12H23N/c1-4-11(3)13-9-12-7-5-10(2)6-8-12/h7,10-11,13H,4-6,8-9H2,1-3H3. The Hall–Kier alpha value is -0.300. The van der Waals surface area contributed by atoms with Gasteiger partial charge in [0.2, 0.25) is 0 Å². The predicted molar refractivity (Wildman–Crippen MR) is 58.9 cm³/mol. The van der Waals surface area contributed by atoms with Crippen molar-refractivity contribution in [1.29, 1.82) is 0 Å². The molecule has 0 aromatic rings. The van der Waals surface area contributed by atoms with Crippen LogP contribution in [0.4, 0.5) is 0 Å². The number of hydrogen-bond donors (Lipinski definition) is 1. The van der Waals surface area contributed by atoms with E-state index in [0.717, 1.165) is 12.5 Å². The Morgan fingerprint density at radius 2 is 2.38 bits per heavy atom. The van der Waals surface area contributed by atoms with Crippen molar-refractivity contribution in [3.05, 3.63) is 11.6 Å². The van der Waals surface area contributed by atoms with Crippen LogP contribution in [0.5, 0.6) is 0 Å². The van der Waals surface area contributed by atoms with Gasteiger partial charge in [-0.25, -0.2) is 0 Å². The highest BCUT2D eigenvalue weighted by Crippen LogP contribution is 2.22. The third-order valence-corrected chi connectivity index (χ3v) is 3.06. The van der Waals surface area contributed by atoms with Gasteiger partial charge in [0.15, 0.2) is 0 Å². The summed E-state index contributed by atoms with van der Waals surface area (Å²) in [5.41, 5.74) is 1.62. The highest BCUT2D eigenvalue weighted by Gasteiger charge is 2.09. The molecule has 1 heteroatoms. The van der Waals surface area contributed by atoms with E-state index < -0.39 is 0 Å². The van der Waals surface area contributed by atoms with Crippen LogP contribution in [-0.2, 0) is 0 Å². The van der Waals surface area contributed by atoms with Crippen LogP contribution < -0.4 is 5.32 Å². The summed E-state index contributed by atoms with van der Waals surface area (Å²) in [5.74, 6) is 0.910. The van der Waals surface area contributed by atoms with Crippen molar-refractivity contribution in [2.75, 3.05) is 6.54 Å². The molecule has 0 amide bonds. The first-order valence-corrected chi connectivity index (χ1v) is 5.63. The molecule has 0 bridgehead atoms. The van der Waals surface area contributed by atoms with Crippen LogP contribution >= 0.6 is 0 Å². The van der Waals surface area contributed by atoms with Crippen LogP contribution in [0.3, 0.4) is 0 Å². The molecular formula is C12H23N. The van der Waals surface area contributed by atoms with E-state index in [2.05, 4.69) is 32.2 Å². The van der Waals surface area contributed by atoms with Crippen molar-refractivity contribution in [3.8, 4) is 0 Å². The summed E-state index contributed by atoms with van der Waals surface area (Å²) in [5, 5.41) is 3.55. The van der Waals surface area contributed by atoms with Crippen molar-refractivity contribution in [1.82, 2.24) is 5.32 Å². The lowest BCUT2D eigenvalue weighted by Crippen LogP contribution is -2.27. The normalized spacial score (nSPS) is 25.5. The minimum absolute atomic E-state index is 0.667. The zero-order valence-corrected chi connectivity index (χ0v) is 9.27. The molecule has 1 N–H and O–H groups in total. The summed E-state index contributed by atoms with van der Waals surface area (Å²) in [4.78, 5) is 0. The third kappa shape index (κ3) is 3.95. The van der Waals surface area contributed by atoms with E-state index in [-0.39, 0.29) is 0 Å². The third-order valence-electron chi connectivity index (χ3n) is 3.06. The molecule has 76 valence electrons. The minimum atomic E-state index is 0.667. The Kier molecular flexibility index (Phi) is 4.51. The molecule has 0 radical (unpaired) electrons. The lowest BCUT2D eigenvalue weighted by atomic mass is 9.91. The molecule has 0 saturated carbocycles. The van der Waals surface area contributed by atoms with Crippen LogP contribution in [0.25, 0.3) is 0 Å². The maximum absolute atomic E-state index is 3.55. The lowest BCUT2D eigenvalue weighted by Gasteiger charge is -2.20. The maximum Gasteiger partial charge on any atom is 0.0167 e. The molecule has 13 heavy (non-hydrogen) atoms. The molecule has 2 unspecified atom stereocenters. The number of nitrogens with one attached hydrogen (secondary N) is 1. The predicted octanol–water partition coefficient (Wildman–Crippen LogP) is 3.12. The molecule has 0 aromatic carbocycles. The quantitative estimate of drug-likeness (QED) is 0.657. The van der Waals surface area contributed by atoms with Crippen LogP contribution in [0.2, 0.25) is 0 Å². The first-order chi connectivity index (χ1) is 6.22. The van der Waals surface area contributed by atoms with Gasteiger partial charge in [-0.05, 0) is 38.5 Å². The molecule has 0 saturated heterocycles. The van der Waals surface area contributed by atoms with Crippen LogP contribution in [-0.4, -0.2) is 12.6 Å². The summed E-state index contributed by atoms with van der Waals surface area (Å²) < 4.78 is 0. The monoisotopic (exact) mass is 181 g/mol. The molecule has 0 aliphatic heterocycles. The molecule has 0 spiro atoms. The van der Waals surface area contributed by atoms with E-state index in [1.54, 1.807) is 5.57 Å². The van der Waals surface area contributed by atoms with E-state index in [0.29, 0.717) is 6.04 Å². The Bertz CT molecular complexity index is 172. The van der Waals surface area contributed by atoms with Crippen molar-refractivity contribution >= 4 is 0 Å². The van der Waals surface area contributed by atoms with Crippen LogP contribution in [0.1, 0.15) is 46.5 Å². The molecule has 1 nitrogen and oxygen atoms in total. The lowest BCUT2D eigenvalue weighted by molar-refractivity contribution is 0.490.